The van der Waals surface area contributed by atoms with Gasteiger partial charge in [-0.2, -0.15) is 0 Å². The molecule has 0 bridgehead atoms. The number of rotatable bonds is 8. The summed E-state index contributed by atoms with van der Waals surface area (Å²) in [5.74, 6) is 2.19. The zero-order valence-corrected chi connectivity index (χ0v) is 14.1. The Morgan fingerprint density at radius 2 is 2.10 bits per heavy atom. The molecule has 5 heteroatoms. The number of aromatic nitrogens is 2. The number of benzene rings is 1. The Morgan fingerprint density at radius 3 is 2.81 bits per heavy atom. The van der Waals surface area contributed by atoms with Crippen LogP contribution in [0.2, 0.25) is 5.02 Å². The molecule has 0 N–H and O–H groups in total. The van der Waals surface area contributed by atoms with Crippen molar-refractivity contribution in [2.75, 3.05) is 19.1 Å². The summed E-state index contributed by atoms with van der Waals surface area (Å²) in [5, 5.41) is 0.683. The van der Waals surface area contributed by atoms with Crippen molar-refractivity contribution in [2.45, 2.75) is 33.2 Å². The molecule has 0 aliphatic carbocycles. The summed E-state index contributed by atoms with van der Waals surface area (Å²) < 4.78 is 7.88. The molecule has 1 heterocycles. The average molecular weight is 329 g/mol. The Hall–Kier alpha value is -0.770. The molecular formula is C16H22Cl2N2O. The summed E-state index contributed by atoms with van der Waals surface area (Å²) in [7, 11) is 0. The molecule has 0 unspecified atom stereocenters. The van der Waals surface area contributed by atoms with Crippen LogP contribution >= 0.6 is 23.2 Å². The Morgan fingerprint density at radius 1 is 1.29 bits per heavy atom. The Kier molecular flexibility index (Phi) is 6.34. The van der Waals surface area contributed by atoms with Gasteiger partial charge in [-0.25, -0.2) is 4.98 Å². The standard InChI is InChI=1S/C16H22Cl2N2O/c1-12(2)7-10-21-11-9-20-14-5-3-4-13(18)16(14)19-15(20)6-8-17/h3-5,12H,6-11H2,1-2H3. The maximum absolute atomic E-state index is 6.22. The number of hydrogen-bond acceptors (Lipinski definition) is 2. The summed E-state index contributed by atoms with van der Waals surface area (Å²) in [6.07, 6.45) is 1.82. The smallest absolute Gasteiger partial charge is 0.111 e. The highest BCUT2D eigenvalue weighted by Gasteiger charge is 2.12. The van der Waals surface area contributed by atoms with Gasteiger partial charge in [0.1, 0.15) is 11.3 Å². The lowest BCUT2D eigenvalue weighted by Gasteiger charge is -2.10. The fourth-order valence-corrected chi connectivity index (χ4v) is 2.64. The Bertz CT molecular complexity index is 581. The quantitative estimate of drug-likeness (QED) is 0.525. The van der Waals surface area contributed by atoms with Gasteiger partial charge in [-0.1, -0.05) is 31.5 Å². The lowest BCUT2D eigenvalue weighted by atomic mass is 10.1. The van der Waals surface area contributed by atoms with E-state index in [2.05, 4.69) is 23.4 Å². The van der Waals surface area contributed by atoms with E-state index in [0.29, 0.717) is 23.4 Å². The minimum Gasteiger partial charge on any atom is -0.380 e. The number of para-hydroxylation sites is 1. The van der Waals surface area contributed by atoms with Gasteiger partial charge in [0.2, 0.25) is 0 Å². The van der Waals surface area contributed by atoms with Gasteiger partial charge in [-0.05, 0) is 24.5 Å². The molecule has 0 fully saturated rings. The van der Waals surface area contributed by atoms with E-state index in [1.807, 2.05) is 18.2 Å². The maximum Gasteiger partial charge on any atom is 0.111 e. The third-order valence-electron chi connectivity index (χ3n) is 3.43. The first-order chi connectivity index (χ1) is 10.1. The molecule has 0 saturated carbocycles. The molecule has 1 aromatic heterocycles. The number of imidazole rings is 1. The van der Waals surface area contributed by atoms with Crippen LogP contribution in [0.5, 0.6) is 0 Å². The van der Waals surface area contributed by atoms with Crippen molar-refractivity contribution < 1.29 is 4.74 Å². The van der Waals surface area contributed by atoms with E-state index >= 15 is 0 Å². The van der Waals surface area contributed by atoms with Crippen LogP contribution in [0.15, 0.2) is 18.2 Å². The van der Waals surface area contributed by atoms with Crippen LogP contribution in [-0.4, -0.2) is 28.6 Å². The normalized spacial score (nSPS) is 11.7. The van der Waals surface area contributed by atoms with Crippen molar-refractivity contribution in [3.8, 4) is 0 Å². The van der Waals surface area contributed by atoms with Gasteiger partial charge in [-0.15, -0.1) is 11.6 Å². The molecule has 0 aliphatic rings. The minimum absolute atomic E-state index is 0.551. The third kappa shape index (κ3) is 4.35. The molecule has 2 rings (SSSR count). The summed E-state index contributed by atoms with van der Waals surface area (Å²) >= 11 is 12.1. The molecule has 21 heavy (non-hydrogen) atoms. The summed E-state index contributed by atoms with van der Waals surface area (Å²) in [5.41, 5.74) is 1.90. The van der Waals surface area contributed by atoms with Gasteiger partial charge < -0.3 is 9.30 Å². The molecule has 0 spiro atoms. The Labute approximate surface area is 136 Å². The van der Waals surface area contributed by atoms with E-state index in [-0.39, 0.29) is 0 Å². The molecule has 3 nitrogen and oxygen atoms in total. The van der Waals surface area contributed by atoms with Gasteiger partial charge in [0.15, 0.2) is 0 Å². The molecule has 0 radical (unpaired) electrons. The second-order valence-electron chi connectivity index (χ2n) is 5.52. The monoisotopic (exact) mass is 328 g/mol. The second-order valence-corrected chi connectivity index (χ2v) is 6.31. The topological polar surface area (TPSA) is 27.1 Å². The highest BCUT2D eigenvalue weighted by molar-refractivity contribution is 6.34. The number of nitrogens with zero attached hydrogens (tertiary/aromatic N) is 2. The number of ether oxygens (including phenoxy) is 1. The van der Waals surface area contributed by atoms with Gasteiger partial charge >= 0.3 is 0 Å². The molecule has 1 aromatic carbocycles. The van der Waals surface area contributed by atoms with Crippen LogP contribution in [0.25, 0.3) is 11.0 Å². The van der Waals surface area contributed by atoms with Crippen molar-refractivity contribution in [3.63, 3.8) is 0 Å². The van der Waals surface area contributed by atoms with E-state index in [1.165, 1.54) is 0 Å². The van der Waals surface area contributed by atoms with Crippen molar-refractivity contribution in [3.05, 3.63) is 29.0 Å². The number of fused-ring (bicyclic) bond motifs is 1. The van der Waals surface area contributed by atoms with E-state index in [1.54, 1.807) is 0 Å². The van der Waals surface area contributed by atoms with Gasteiger partial charge in [0.05, 0.1) is 17.1 Å². The van der Waals surface area contributed by atoms with Crippen molar-refractivity contribution >= 4 is 34.2 Å². The summed E-state index contributed by atoms with van der Waals surface area (Å²) in [6, 6.07) is 5.86. The predicted octanol–water partition coefficient (Wildman–Crippen LogP) is 4.53. The second kappa shape index (κ2) is 8.02. The van der Waals surface area contributed by atoms with E-state index in [9.17, 15) is 0 Å². The van der Waals surface area contributed by atoms with Crippen molar-refractivity contribution in [2.24, 2.45) is 5.92 Å². The first kappa shape index (κ1) is 16.6. The summed E-state index contributed by atoms with van der Waals surface area (Å²) in [4.78, 5) is 4.62. The van der Waals surface area contributed by atoms with Crippen LogP contribution in [0.4, 0.5) is 0 Å². The highest BCUT2D eigenvalue weighted by atomic mass is 35.5. The van der Waals surface area contributed by atoms with Crippen LogP contribution in [-0.2, 0) is 17.7 Å². The maximum atomic E-state index is 6.22. The first-order valence-corrected chi connectivity index (χ1v) is 8.32. The van der Waals surface area contributed by atoms with Crippen molar-refractivity contribution in [1.82, 2.24) is 9.55 Å². The molecule has 0 atom stereocenters. The Balaban J connectivity index is 2.09. The summed E-state index contributed by atoms with van der Waals surface area (Å²) in [6.45, 7) is 6.66. The number of halogens is 2. The van der Waals surface area contributed by atoms with Crippen LogP contribution < -0.4 is 0 Å². The molecule has 116 valence electrons. The van der Waals surface area contributed by atoms with Crippen LogP contribution in [0.1, 0.15) is 26.1 Å². The predicted molar refractivity (Wildman–Crippen MR) is 89.4 cm³/mol. The van der Waals surface area contributed by atoms with E-state index < -0.39 is 0 Å². The number of aryl methyl sites for hydroxylation is 1. The van der Waals surface area contributed by atoms with Gasteiger partial charge in [0, 0.05) is 25.5 Å². The van der Waals surface area contributed by atoms with Crippen LogP contribution in [0.3, 0.4) is 0 Å². The molecular weight excluding hydrogens is 307 g/mol. The minimum atomic E-state index is 0.551. The molecule has 0 amide bonds. The third-order valence-corrected chi connectivity index (χ3v) is 3.92. The lowest BCUT2D eigenvalue weighted by Crippen LogP contribution is -2.11. The van der Waals surface area contributed by atoms with Gasteiger partial charge in [0.25, 0.3) is 0 Å². The fraction of sp³-hybridized carbons (Fsp3) is 0.562. The van der Waals surface area contributed by atoms with Crippen LogP contribution in [0, 0.1) is 5.92 Å². The average Bonchev–Trinajstić information content (AvgIpc) is 2.78. The highest BCUT2D eigenvalue weighted by Crippen LogP contribution is 2.24. The van der Waals surface area contributed by atoms with E-state index in [4.69, 9.17) is 27.9 Å². The molecule has 0 saturated heterocycles. The SMILES string of the molecule is CC(C)CCOCCn1c(CCCl)nc2c(Cl)cccc21. The fourth-order valence-electron chi connectivity index (χ4n) is 2.26. The van der Waals surface area contributed by atoms with Crippen molar-refractivity contribution in [1.29, 1.82) is 0 Å². The van der Waals surface area contributed by atoms with Gasteiger partial charge in [-0.3, -0.25) is 0 Å². The number of hydrogen-bond donors (Lipinski definition) is 0. The number of alkyl halides is 1. The molecule has 0 aliphatic heterocycles. The zero-order chi connectivity index (χ0) is 15.2. The zero-order valence-electron chi connectivity index (χ0n) is 12.6. The largest absolute Gasteiger partial charge is 0.380 e. The molecule has 2 aromatic rings. The lowest BCUT2D eigenvalue weighted by molar-refractivity contribution is 0.116. The first-order valence-electron chi connectivity index (χ1n) is 7.40. The van der Waals surface area contributed by atoms with E-state index in [0.717, 1.165) is 42.9 Å².